The summed E-state index contributed by atoms with van der Waals surface area (Å²) < 4.78 is 5.23. The molecule has 1 rings (SSSR count). The Hall–Kier alpha value is -1.37. The second-order valence-corrected chi connectivity index (χ2v) is 7.61. The Balaban J connectivity index is 2.28. The maximum atomic E-state index is 11.7. The molecule has 0 bridgehead atoms. The van der Waals surface area contributed by atoms with Gasteiger partial charge < -0.3 is 20.7 Å². The number of thiocarbonyl (C=S) groups is 1. The van der Waals surface area contributed by atoms with Gasteiger partial charge in [-0.1, -0.05) is 12.2 Å². The lowest BCUT2D eigenvalue weighted by atomic mass is 9.96. The molecular weight excluding hydrogens is 314 g/mol. The summed E-state index contributed by atoms with van der Waals surface area (Å²) >= 11 is 5.46. The maximum Gasteiger partial charge on any atom is 0.407 e. The largest absolute Gasteiger partial charge is 0.444 e. The molecule has 0 aliphatic carbocycles. The molecule has 1 atom stereocenters. The van der Waals surface area contributed by atoms with Gasteiger partial charge >= 0.3 is 6.09 Å². The first-order chi connectivity index (χ1) is 10.6. The molecule has 1 aliphatic heterocycles. The molecular formula is C16H29N3O3S. The number of alkyl carbamates (subject to hydrolysis) is 1. The van der Waals surface area contributed by atoms with E-state index in [-0.39, 0.29) is 17.9 Å². The van der Waals surface area contributed by atoms with Crippen molar-refractivity contribution in [3.8, 4) is 0 Å². The first-order valence-corrected chi connectivity index (χ1v) is 8.56. The molecule has 1 heterocycles. The van der Waals surface area contributed by atoms with E-state index in [1.807, 2.05) is 27.7 Å². The van der Waals surface area contributed by atoms with Gasteiger partial charge in [-0.2, -0.15) is 0 Å². The zero-order valence-corrected chi connectivity index (χ0v) is 15.4. The van der Waals surface area contributed by atoms with Crippen LogP contribution >= 0.6 is 12.2 Å². The number of primary amides is 1. The summed E-state index contributed by atoms with van der Waals surface area (Å²) in [5.41, 5.74) is 4.84. The van der Waals surface area contributed by atoms with Crippen molar-refractivity contribution in [2.45, 2.75) is 65.0 Å². The molecule has 1 unspecified atom stereocenters. The fourth-order valence-electron chi connectivity index (χ4n) is 2.49. The minimum atomic E-state index is -0.496. The van der Waals surface area contributed by atoms with Gasteiger partial charge in [0.05, 0.1) is 4.99 Å². The summed E-state index contributed by atoms with van der Waals surface area (Å²) in [5, 5.41) is 2.82. The van der Waals surface area contributed by atoms with Gasteiger partial charge in [0.1, 0.15) is 5.60 Å². The fourth-order valence-corrected chi connectivity index (χ4v) is 2.79. The first-order valence-electron chi connectivity index (χ1n) is 8.15. The van der Waals surface area contributed by atoms with E-state index in [0.717, 1.165) is 43.8 Å². The van der Waals surface area contributed by atoms with Crippen LogP contribution in [0.5, 0.6) is 0 Å². The maximum absolute atomic E-state index is 11.7. The molecule has 0 saturated carbocycles. The van der Waals surface area contributed by atoms with Crippen molar-refractivity contribution in [3.63, 3.8) is 0 Å². The Morgan fingerprint density at radius 1 is 1.35 bits per heavy atom. The highest BCUT2D eigenvalue weighted by Gasteiger charge is 2.24. The number of carbonyl (C=O) groups excluding carboxylic acids is 2. The molecule has 1 fully saturated rings. The predicted octanol–water partition coefficient (Wildman–Crippen LogP) is 2.20. The molecule has 3 N–H and O–H groups in total. The average Bonchev–Trinajstić information content (AvgIpc) is 2.42. The van der Waals surface area contributed by atoms with Crippen molar-refractivity contribution >= 4 is 29.2 Å². The molecule has 0 aromatic heterocycles. The number of likely N-dealkylation sites (tertiary alicyclic amines) is 1. The van der Waals surface area contributed by atoms with E-state index >= 15 is 0 Å². The predicted molar refractivity (Wildman–Crippen MR) is 94.2 cm³/mol. The lowest BCUT2D eigenvalue weighted by molar-refractivity contribution is -0.122. The zero-order chi connectivity index (χ0) is 17.6. The topological polar surface area (TPSA) is 84.7 Å². The molecule has 7 heteroatoms. The summed E-state index contributed by atoms with van der Waals surface area (Å²) in [7, 11) is 0. The second kappa shape index (κ2) is 8.47. The Labute approximate surface area is 144 Å². The average molecular weight is 343 g/mol. The summed E-state index contributed by atoms with van der Waals surface area (Å²) in [5.74, 6) is -0.243. The zero-order valence-electron chi connectivity index (χ0n) is 14.6. The Morgan fingerprint density at radius 3 is 2.39 bits per heavy atom. The molecule has 0 radical (unpaired) electrons. The van der Waals surface area contributed by atoms with E-state index in [1.54, 1.807) is 0 Å². The monoisotopic (exact) mass is 343 g/mol. The third kappa shape index (κ3) is 7.63. The molecule has 1 aliphatic rings. The highest BCUT2D eigenvalue weighted by Crippen LogP contribution is 2.18. The van der Waals surface area contributed by atoms with Crippen LogP contribution in [0, 0.1) is 5.92 Å². The number of nitrogens with two attached hydrogens (primary N) is 1. The van der Waals surface area contributed by atoms with Gasteiger partial charge in [-0.3, -0.25) is 4.79 Å². The quantitative estimate of drug-likeness (QED) is 0.748. The van der Waals surface area contributed by atoms with Gasteiger partial charge in [-0.05, 0) is 53.4 Å². The van der Waals surface area contributed by atoms with E-state index in [0.29, 0.717) is 0 Å². The smallest absolute Gasteiger partial charge is 0.407 e. The Bertz CT molecular complexity index is 440. The standard InChI is InChI=1S/C16H29N3O3S/c1-11(18-15(21)22-16(2,3)4)5-6-13(23)19-9-7-12(8-10-19)14(17)20/h11-12H,5-10H2,1-4H3,(H2,17,20)(H,18,21). The number of nitrogens with zero attached hydrogens (tertiary/aromatic N) is 1. The number of ether oxygens (including phenoxy) is 1. The van der Waals surface area contributed by atoms with Crippen LogP contribution < -0.4 is 11.1 Å². The van der Waals surface area contributed by atoms with Crippen molar-refractivity contribution in [1.29, 1.82) is 0 Å². The van der Waals surface area contributed by atoms with Crippen LogP contribution in [-0.2, 0) is 9.53 Å². The number of hydrogen-bond donors (Lipinski definition) is 2. The summed E-state index contributed by atoms with van der Waals surface area (Å²) in [6.45, 7) is 9.00. The second-order valence-electron chi connectivity index (χ2n) is 7.14. The van der Waals surface area contributed by atoms with Crippen molar-refractivity contribution in [3.05, 3.63) is 0 Å². The van der Waals surface area contributed by atoms with Crippen LogP contribution in [0.15, 0.2) is 0 Å². The van der Waals surface area contributed by atoms with Crippen molar-refractivity contribution in [2.75, 3.05) is 13.1 Å². The Morgan fingerprint density at radius 2 is 1.91 bits per heavy atom. The van der Waals surface area contributed by atoms with E-state index in [1.165, 1.54) is 0 Å². The van der Waals surface area contributed by atoms with Crippen molar-refractivity contribution < 1.29 is 14.3 Å². The number of piperidine rings is 1. The highest BCUT2D eigenvalue weighted by atomic mass is 32.1. The van der Waals surface area contributed by atoms with Crippen LogP contribution in [0.4, 0.5) is 4.79 Å². The van der Waals surface area contributed by atoms with Gasteiger partial charge in [-0.25, -0.2) is 4.79 Å². The van der Waals surface area contributed by atoms with Gasteiger partial charge in [0.15, 0.2) is 0 Å². The fraction of sp³-hybridized carbons (Fsp3) is 0.812. The minimum absolute atomic E-state index is 0.00837. The molecule has 2 amide bonds. The van der Waals surface area contributed by atoms with E-state index in [9.17, 15) is 9.59 Å². The number of carbonyl (C=O) groups is 2. The molecule has 0 aromatic carbocycles. The SMILES string of the molecule is CC(CCC(=S)N1CCC(C(N)=O)CC1)NC(=O)OC(C)(C)C. The molecule has 132 valence electrons. The van der Waals surface area contributed by atoms with Crippen molar-refractivity contribution in [1.82, 2.24) is 10.2 Å². The van der Waals surface area contributed by atoms with Crippen LogP contribution in [0.3, 0.4) is 0 Å². The Kier molecular flexibility index (Phi) is 7.25. The molecule has 0 spiro atoms. The van der Waals surface area contributed by atoms with Gasteiger partial charge in [0.2, 0.25) is 5.91 Å². The number of amides is 2. The van der Waals surface area contributed by atoms with Gasteiger partial charge in [-0.15, -0.1) is 0 Å². The lowest BCUT2D eigenvalue weighted by Crippen LogP contribution is -2.42. The van der Waals surface area contributed by atoms with Gasteiger partial charge in [0.25, 0.3) is 0 Å². The molecule has 23 heavy (non-hydrogen) atoms. The normalized spacial score (nSPS) is 17.5. The van der Waals surface area contributed by atoms with Crippen molar-refractivity contribution in [2.24, 2.45) is 11.7 Å². The van der Waals surface area contributed by atoms with Crippen LogP contribution in [-0.4, -0.2) is 46.6 Å². The summed E-state index contributed by atoms with van der Waals surface area (Å²) in [6.07, 6.45) is 2.61. The van der Waals surface area contributed by atoms with Gasteiger partial charge in [0, 0.05) is 25.0 Å². The van der Waals surface area contributed by atoms with E-state index in [4.69, 9.17) is 22.7 Å². The van der Waals surface area contributed by atoms with Crippen LogP contribution in [0.1, 0.15) is 53.4 Å². The number of nitrogens with one attached hydrogen (secondary N) is 1. The third-order valence-electron chi connectivity index (χ3n) is 3.80. The molecule has 6 nitrogen and oxygen atoms in total. The van der Waals surface area contributed by atoms with E-state index in [2.05, 4.69) is 10.2 Å². The highest BCUT2D eigenvalue weighted by molar-refractivity contribution is 7.80. The molecule has 0 aromatic rings. The minimum Gasteiger partial charge on any atom is -0.444 e. The third-order valence-corrected chi connectivity index (χ3v) is 4.27. The number of hydrogen-bond acceptors (Lipinski definition) is 4. The first kappa shape index (κ1) is 19.7. The summed E-state index contributed by atoms with van der Waals surface area (Å²) in [4.78, 5) is 25.9. The molecule has 1 saturated heterocycles. The number of rotatable bonds is 5. The van der Waals surface area contributed by atoms with Crippen LogP contribution in [0.2, 0.25) is 0 Å². The van der Waals surface area contributed by atoms with E-state index < -0.39 is 11.7 Å². The van der Waals surface area contributed by atoms with Crippen LogP contribution in [0.25, 0.3) is 0 Å². The lowest BCUT2D eigenvalue weighted by Gasteiger charge is -2.33. The summed E-state index contributed by atoms with van der Waals surface area (Å²) in [6, 6.07) is -0.00837.